The van der Waals surface area contributed by atoms with E-state index in [1.165, 1.54) is 44.9 Å². The summed E-state index contributed by atoms with van der Waals surface area (Å²) >= 11 is 0. The summed E-state index contributed by atoms with van der Waals surface area (Å²) < 4.78 is 0. The Morgan fingerprint density at radius 3 is 2.30 bits per heavy atom. The number of aromatic nitrogens is 1. The molecule has 0 saturated heterocycles. The molecule has 0 fully saturated rings. The second-order valence-corrected chi connectivity index (χ2v) is 5.58. The quantitative estimate of drug-likeness (QED) is 0.496. The molecule has 0 aliphatic carbocycles. The number of pyridine rings is 1. The zero-order chi connectivity index (χ0) is 14.5. The fraction of sp³-hybridized carbons (Fsp3) is 0.667. The van der Waals surface area contributed by atoms with Gasteiger partial charge in [0.15, 0.2) is 0 Å². The SMILES string of the molecule is CCCCCCCCCCC(=O)CCc1ccccn1. The van der Waals surface area contributed by atoms with E-state index in [2.05, 4.69) is 11.9 Å². The predicted molar refractivity (Wildman–Crippen MR) is 84.8 cm³/mol. The van der Waals surface area contributed by atoms with Gasteiger partial charge in [-0.1, -0.05) is 57.9 Å². The van der Waals surface area contributed by atoms with Gasteiger partial charge in [-0.25, -0.2) is 0 Å². The molecule has 1 aromatic heterocycles. The topological polar surface area (TPSA) is 30.0 Å². The van der Waals surface area contributed by atoms with Crippen LogP contribution in [0.25, 0.3) is 0 Å². The van der Waals surface area contributed by atoms with Crippen molar-refractivity contribution in [1.29, 1.82) is 0 Å². The molecular weight excluding hydrogens is 246 g/mol. The van der Waals surface area contributed by atoms with Crippen LogP contribution < -0.4 is 0 Å². The molecule has 0 aliphatic heterocycles. The number of unbranched alkanes of at least 4 members (excludes halogenated alkanes) is 7. The molecule has 0 aromatic carbocycles. The molecule has 0 saturated carbocycles. The zero-order valence-electron chi connectivity index (χ0n) is 12.9. The van der Waals surface area contributed by atoms with E-state index in [9.17, 15) is 4.79 Å². The van der Waals surface area contributed by atoms with Crippen molar-refractivity contribution in [3.8, 4) is 0 Å². The average molecular weight is 275 g/mol. The highest BCUT2D eigenvalue weighted by Gasteiger charge is 2.03. The Morgan fingerprint density at radius 1 is 0.950 bits per heavy atom. The van der Waals surface area contributed by atoms with Crippen LogP contribution in [0.3, 0.4) is 0 Å². The number of hydrogen-bond acceptors (Lipinski definition) is 2. The van der Waals surface area contributed by atoms with E-state index in [-0.39, 0.29) is 0 Å². The van der Waals surface area contributed by atoms with E-state index < -0.39 is 0 Å². The third kappa shape index (κ3) is 8.84. The summed E-state index contributed by atoms with van der Waals surface area (Å²) in [6, 6.07) is 5.88. The smallest absolute Gasteiger partial charge is 0.133 e. The van der Waals surface area contributed by atoms with Gasteiger partial charge < -0.3 is 0 Å². The molecule has 0 N–H and O–H groups in total. The lowest BCUT2D eigenvalue weighted by Gasteiger charge is -2.02. The molecule has 0 aliphatic rings. The van der Waals surface area contributed by atoms with Crippen LogP contribution in [0.1, 0.15) is 76.8 Å². The Labute approximate surface area is 124 Å². The maximum absolute atomic E-state index is 11.8. The maximum Gasteiger partial charge on any atom is 0.133 e. The molecule has 0 spiro atoms. The second kappa shape index (κ2) is 11.6. The van der Waals surface area contributed by atoms with E-state index in [0.29, 0.717) is 12.2 Å². The highest BCUT2D eigenvalue weighted by atomic mass is 16.1. The molecule has 20 heavy (non-hydrogen) atoms. The van der Waals surface area contributed by atoms with Crippen LogP contribution in [0.2, 0.25) is 0 Å². The minimum atomic E-state index is 0.390. The Bertz CT molecular complexity index is 348. The summed E-state index contributed by atoms with van der Waals surface area (Å²) in [5.74, 6) is 0.390. The third-order valence-electron chi connectivity index (χ3n) is 3.70. The van der Waals surface area contributed by atoms with Crippen molar-refractivity contribution in [3.63, 3.8) is 0 Å². The molecule has 1 heterocycles. The monoisotopic (exact) mass is 275 g/mol. The molecular formula is C18H29NO. The fourth-order valence-electron chi connectivity index (χ4n) is 2.39. The van der Waals surface area contributed by atoms with Crippen LogP contribution in [-0.2, 0) is 11.2 Å². The molecule has 0 bridgehead atoms. The van der Waals surface area contributed by atoms with E-state index in [4.69, 9.17) is 0 Å². The summed E-state index contributed by atoms with van der Waals surface area (Å²) in [5.41, 5.74) is 1.02. The lowest BCUT2D eigenvalue weighted by Crippen LogP contribution is -2.01. The van der Waals surface area contributed by atoms with E-state index >= 15 is 0 Å². The molecule has 1 rings (SSSR count). The Morgan fingerprint density at radius 2 is 1.65 bits per heavy atom. The van der Waals surface area contributed by atoms with Crippen LogP contribution >= 0.6 is 0 Å². The second-order valence-electron chi connectivity index (χ2n) is 5.58. The number of hydrogen-bond donors (Lipinski definition) is 0. The molecule has 0 radical (unpaired) electrons. The van der Waals surface area contributed by atoms with Crippen molar-refractivity contribution >= 4 is 5.78 Å². The van der Waals surface area contributed by atoms with Gasteiger partial charge in [0.05, 0.1) is 0 Å². The van der Waals surface area contributed by atoms with Gasteiger partial charge in [-0.3, -0.25) is 9.78 Å². The highest BCUT2D eigenvalue weighted by Crippen LogP contribution is 2.10. The van der Waals surface area contributed by atoms with Gasteiger partial charge in [0.1, 0.15) is 5.78 Å². The number of aryl methyl sites for hydroxylation is 1. The number of rotatable bonds is 12. The number of nitrogens with zero attached hydrogens (tertiary/aromatic N) is 1. The molecule has 0 amide bonds. The van der Waals surface area contributed by atoms with Crippen molar-refractivity contribution < 1.29 is 4.79 Å². The van der Waals surface area contributed by atoms with Crippen molar-refractivity contribution in [2.45, 2.75) is 77.6 Å². The zero-order valence-corrected chi connectivity index (χ0v) is 12.9. The van der Waals surface area contributed by atoms with Gasteiger partial charge in [-0.15, -0.1) is 0 Å². The Balaban J connectivity index is 1.93. The first-order valence-electron chi connectivity index (χ1n) is 8.24. The van der Waals surface area contributed by atoms with Crippen molar-refractivity contribution in [3.05, 3.63) is 30.1 Å². The molecule has 0 unspecified atom stereocenters. The Kier molecular flexibility index (Phi) is 9.81. The normalized spacial score (nSPS) is 10.7. The van der Waals surface area contributed by atoms with Crippen molar-refractivity contribution in [1.82, 2.24) is 4.98 Å². The highest BCUT2D eigenvalue weighted by molar-refractivity contribution is 5.78. The third-order valence-corrected chi connectivity index (χ3v) is 3.70. The van der Waals surface area contributed by atoms with Gasteiger partial charge in [-0.05, 0) is 25.0 Å². The van der Waals surface area contributed by atoms with Gasteiger partial charge >= 0.3 is 0 Å². The summed E-state index contributed by atoms with van der Waals surface area (Å²) in [5, 5.41) is 0. The van der Waals surface area contributed by atoms with Crippen LogP contribution in [0.15, 0.2) is 24.4 Å². The van der Waals surface area contributed by atoms with Gasteiger partial charge in [0, 0.05) is 24.7 Å². The van der Waals surface area contributed by atoms with Crippen LogP contribution in [0, 0.1) is 0 Å². The number of ketones is 1. The molecule has 0 atom stereocenters. The molecule has 2 heteroatoms. The van der Waals surface area contributed by atoms with Crippen LogP contribution in [0.5, 0.6) is 0 Å². The lowest BCUT2D eigenvalue weighted by atomic mass is 10.0. The maximum atomic E-state index is 11.8. The molecule has 112 valence electrons. The van der Waals surface area contributed by atoms with Crippen molar-refractivity contribution in [2.75, 3.05) is 0 Å². The Hall–Kier alpha value is -1.18. The fourth-order valence-corrected chi connectivity index (χ4v) is 2.39. The van der Waals surface area contributed by atoms with E-state index in [1.54, 1.807) is 6.20 Å². The predicted octanol–water partition coefficient (Wildman–Crippen LogP) is 5.11. The lowest BCUT2D eigenvalue weighted by molar-refractivity contribution is -0.119. The van der Waals surface area contributed by atoms with Crippen molar-refractivity contribution in [2.24, 2.45) is 0 Å². The van der Waals surface area contributed by atoms with Crippen LogP contribution in [0.4, 0.5) is 0 Å². The summed E-state index contributed by atoms with van der Waals surface area (Å²) in [6.45, 7) is 2.25. The summed E-state index contributed by atoms with van der Waals surface area (Å²) in [6.07, 6.45) is 14.3. The minimum absolute atomic E-state index is 0.390. The average Bonchev–Trinajstić information content (AvgIpc) is 2.49. The van der Waals surface area contributed by atoms with E-state index in [0.717, 1.165) is 25.0 Å². The van der Waals surface area contributed by atoms with Gasteiger partial charge in [0.2, 0.25) is 0 Å². The first kappa shape index (κ1) is 16.9. The minimum Gasteiger partial charge on any atom is -0.300 e. The summed E-state index contributed by atoms with van der Waals surface area (Å²) in [4.78, 5) is 16.0. The largest absolute Gasteiger partial charge is 0.300 e. The van der Waals surface area contributed by atoms with Gasteiger partial charge in [-0.2, -0.15) is 0 Å². The summed E-state index contributed by atoms with van der Waals surface area (Å²) in [7, 11) is 0. The van der Waals surface area contributed by atoms with Crippen LogP contribution in [-0.4, -0.2) is 10.8 Å². The number of carbonyl (C=O) groups is 1. The standard InChI is InChI=1S/C18H29NO/c1-2-3-4-5-6-7-8-9-13-18(20)15-14-17-12-10-11-16-19-17/h10-12,16H,2-9,13-15H2,1H3. The van der Waals surface area contributed by atoms with Gasteiger partial charge in [0.25, 0.3) is 0 Å². The molecule has 1 aromatic rings. The number of carbonyl (C=O) groups excluding carboxylic acids is 1. The number of Topliss-reactive ketones (excluding diaryl/α,β-unsaturated/α-hetero) is 1. The first-order chi connectivity index (χ1) is 9.83. The molecule has 2 nitrogen and oxygen atoms in total. The van der Waals surface area contributed by atoms with E-state index in [1.807, 2.05) is 18.2 Å². The first-order valence-corrected chi connectivity index (χ1v) is 8.24.